The first-order valence-corrected chi connectivity index (χ1v) is 7.64. The quantitative estimate of drug-likeness (QED) is 0.327. The third-order valence-electron chi connectivity index (χ3n) is 2.94. The van der Waals surface area contributed by atoms with Crippen LogP contribution >= 0.6 is 22.6 Å². The molecule has 24 heavy (non-hydrogen) atoms. The number of alkyl halides is 2. The van der Waals surface area contributed by atoms with E-state index in [0.717, 1.165) is 10.6 Å². The monoisotopic (exact) mass is 523 g/mol. The van der Waals surface area contributed by atoms with Gasteiger partial charge in [0.15, 0.2) is 0 Å². The fourth-order valence-electron chi connectivity index (χ4n) is 1.97. The number of ether oxygens (including phenoxy) is 1. The van der Waals surface area contributed by atoms with Crippen molar-refractivity contribution < 1.29 is 50.6 Å². The van der Waals surface area contributed by atoms with Gasteiger partial charge in [-0.15, -0.1) is 28.7 Å². The first kappa shape index (κ1) is 21.4. The molecule has 0 aliphatic heterocycles. The molecule has 2 aromatic rings. The van der Waals surface area contributed by atoms with Crippen molar-refractivity contribution in [1.29, 1.82) is 0 Å². The second kappa shape index (κ2) is 9.72. The Morgan fingerprint density at radius 1 is 1.42 bits per heavy atom. The summed E-state index contributed by atoms with van der Waals surface area (Å²) in [5.74, 6) is -0.411. The number of rotatable bonds is 6. The molecule has 1 heterocycles. The normalized spacial score (nSPS) is 10.4. The summed E-state index contributed by atoms with van der Waals surface area (Å²) in [4.78, 5) is 12.1. The van der Waals surface area contributed by atoms with Gasteiger partial charge in [-0.05, 0) is 9.64 Å². The Labute approximate surface area is 175 Å². The van der Waals surface area contributed by atoms with Gasteiger partial charge in [-0.3, -0.25) is 4.79 Å². The molecular formula is C16H12F3INO2Y-. The van der Waals surface area contributed by atoms with E-state index in [-0.39, 0.29) is 59.9 Å². The van der Waals surface area contributed by atoms with Crippen LogP contribution in [0.3, 0.4) is 0 Å². The summed E-state index contributed by atoms with van der Waals surface area (Å²) in [6.07, 6.45) is -1.23. The molecule has 0 atom stereocenters. The molecule has 0 saturated carbocycles. The van der Waals surface area contributed by atoms with Gasteiger partial charge in [0.05, 0.1) is 12.4 Å². The number of halogens is 4. The van der Waals surface area contributed by atoms with E-state index in [1.165, 1.54) is 24.3 Å². The standard InChI is InChI=1S/C16H12F3INO2.Y/c1-2-7-23-10-3-4-11(12(17)8-10)14-6-5-13(20)16(22)21(14)9-15(18)19;/h2-5,8,15H,1,7,9H2;/q-1;. The minimum absolute atomic E-state index is 0. The van der Waals surface area contributed by atoms with Crippen molar-refractivity contribution in [3.05, 3.63) is 62.7 Å². The topological polar surface area (TPSA) is 31.2 Å². The van der Waals surface area contributed by atoms with Gasteiger partial charge in [-0.25, -0.2) is 13.2 Å². The van der Waals surface area contributed by atoms with Crippen LogP contribution in [0.25, 0.3) is 11.3 Å². The molecule has 0 fully saturated rings. The van der Waals surface area contributed by atoms with Crippen molar-refractivity contribution in [2.45, 2.75) is 13.0 Å². The summed E-state index contributed by atoms with van der Waals surface area (Å²) >= 11 is 1.73. The third kappa shape index (κ3) is 5.16. The molecule has 1 radical (unpaired) electrons. The summed E-state index contributed by atoms with van der Waals surface area (Å²) in [6, 6.07) is 8.03. The minimum Gasteiger partial charge on any atom is -0.490 e. The molecule has 0 N–H and O–H groups in total. The molecule has 1 aromatic heterocycles. The predicted octanol–water partition coefficient (Wildman–Crippen LogP) is 3.89. The van der Waals surface area contributed by atoms with Gasteiger partial charge in [-0.2, -0.15) is 12.1 Å². The van der Waals surface area contributed by atoms with Crippen molar-refractivity contribution in [3.8, 4) is 17.0 Å². The molecule has 2 rings (SSSR count). The largest absolute Gasteiger partial charge is 0.490 e. The molecule has 8 heteroatoms. The van der Waals surface area contributed by atoms with E-state index in [9.17, 15) is 18.0 Å². The second-order valence-electron chi connectivity index (χ2n) is 4.53. The minimum atomic E-state index is -2.74. The zero-order valence-electron chi connectivity index (χ0n) is 12.4. The maximum Gasteiger partial charge on any atom is 0.256 e. The molecule has 3 nitrogen and oxygen atoms in total. The molecule has 125 valence electrons. The Morgan fingerprint density at radius 2 is 2.12 bits per heavy atom. The van der Waals surface area contributed by atoms with Crippen LogP contribution in [0.2, 0.25) is 0 Å². The first-order chi connectivity index (χ1) is 10.9. The van der Waals surface area contributed by atoms with Crippen molar-refractivity contribution >= 4 is 22.6 Å². The van der Waals surface area contributed by atoms with E-state index in [4.69, 9.17) is 4.74 Å². The first-order valence-electron chi connectivity index (χ1n) is 6.56. The van der Waals surface area contributed by atoms with Gasteiger partial charge in [0.1, 0.15) is 12.4 Å². The fourth-order valence-corrected chi connectivity index (χ4v) is 2.42. The van der Waals surface area contributed by atoms with Gasteiger partial charge in [0.2, 0.25) is 5.56 Å². The number of nitrogens with zero attached hydrogens (tertiary/aromatic N) is 1. The van der Waals surface area contributed by atoms with Crippen molar-refractivity contribution in [3.63, 3.8) is 0 Å². The van der Waals surface area contributed by atoms with E-state index in [0.29, 0.717) is 0 Å². The second-order valence-corrected chi connectivity index (χ2v) is 5.70. The summed E-state index contributed by atoms with van der Waals surface area (Å²) in [5, 5.41) is 0. The van der Waals surface area contributed by atoms with Crippen LogP contribution in [0, 0.1) is 15.5 Å². The van der Waals surface area contributed by atoms with Crippen LogP contribution in [-0.4, -0.2) is 17.6 Å². The predicted molar refractivity (Wildman–Crippen MR) is 89.3 cm³/mol. The van der Waals surface area contributed by atoms with Crippen LogP contribution < -0.4 is 10.3 Å². The average Bonchev–Trinajstić information content (AvgIpc) is 2.50. The summed E-state index contributed by atoms with van der Waals surface area (Å²) in [6.45, 7) is 2.88. The molecule has 0 spiro atoms. The zero-order valence-corrected chi connectivity index (χ0v) is 17.4. The van der Waals surface area contributed by atoms with E-state index in [1.54, 1.807) is 22.6 Å². The van der Waals surface area contributed by atoms with Crippen molar-refractivity contribution in [2.75, 3.05) is 6.61 Å². The van der Waals surface area contributed by atoms with Gasteiger partial charge < -0.3 is 9.30 Å². The van der Waals surface area contributed by atoms with Crippen LogP contribution in [0.5, 0.6) is 5.75 Å². The number of hydrogen-bond donors (Lipinski definition) is 0. The van der Waals surface area contributed by atoms with Crippen molar-refractivity contribution in [2.24, 2.45) is 0 Å². The van der Waals surface area contributed by atoms with Crippen LogP contribution in [0.15, 0.2) is 41.7 Å². The Hall–Kier alpha value is -0.666. The van der Waals surface area contributed by atoms with Crippen LogP contribution in [0.4, 0.5) is 13.2 Å². The average molecular weight is 523 g/mol. The smallest absolute Gasteiger partial charge is 0.256 e. The van der Waals surface area contributed by atoms with E-state index >= 15 is 0 Å². The van der Waals surface area contributed by atoms with Gasteiger partial charge in [0.25, 0.3) is 6.43 Å². The third-order valence-corrected chi connectivity index (χ3v) is 3.71. The van der Waals surface area contributed by atoms with Gasteiger partial charge in [-0.1, -0.05) is 23.9 Å². The summed E-state index contributed by atoms with van der Waals surface area (Å²) < 4.78 is 46.0. The van der Waals surface area contributed by atoms with Gasteiger partial charge >= 0.3 is 0 Å². The fraction of sp³-hybridized carbons (Fsp3) is 0.188. The van der Waals surface area contributed by atoms with Crippen molar-refractivity contribution in [1.82, 2.24) is 4.57 Å². The van der Waals surface area contributed by atoms with Crippen LogP contribution in [-0.2, 0) is 39.3 Å². The molecule has 0 bridgehead atoms. The van der Waals surface area contributed by atoms with E-state index in [2.05, 4.69) is 12.6 Å². The maximum atomic E-state index is 14.3. The van der Waals surface area contributed by atoms with E-state index < -0.39 is 24.3 Å². The number of hydrogen-bond acceptors (Lipinski definition) is 2. The van der Waals surface area contributed by atoms with Gasteiger partial charge in [0, 0.05) is 38.8 Å². The Morgan fingerprint density at radius 3 is 2.71 bits per heavy atom. The molecular weight excluding hydrogens is 511 g/mol. The number of aromatic nitrogens is 1. The van der Waals surface area contributed by atoms with Crippen LogP contribution in [0.1, 0.15) is 0 Å². The SMILES string of the molecule is C=CCOc1ccc(-c2[c-]cc(I)c(=O)n2CC(F)F)c(F)c1.[Y]. The summed E-state index contributed by atoms with van der Waals surface area (Å²) in [5.41, 5.74) is -0.625. The Balaban J connectivity index is 0.00000288. The Bertz CT molecular complexity index is 780. The molecule has 0 amide bonds. The maximum absolute atomic E-state index is 14.3. The molecule has 0 aliphatic rings. The zero-order chi connectivity index (χ0) is 17.0. The molecule has 0 aliphatic carbocycles. The summed E-state index contributed by atoms with van der Waals surface area (Å²) in [7, 11) is 0. The molecule has 1 aromatic carbocycles. The molecule has 0 saturated heterocycles. The number of benzene rings is 1. The van der Waals surface area contributed by atoms with E-state index in [1.807, 2.05) is 0 Å². The Kier molecular flexibility index (Phi) is 8.66. The number of pyridine rings is 1. The molecule has 0 unspecified atom stereocenters.